The molecule has 1 amide bonds. The van der Waals surface area contributed by atoms with Crippen molar-refractivity contribution < 1.29 is 9.72 Å². The fourth-order valence-electron chi connectivity index (χ4n) is 0.951. The van der Waals surface area contributed by atoms with E-state index in [0.717, 1.165) is 6.07 Å². The van der Waals surface area contributed by atoms with E-state index in [0.29, 0.717) is 5.69 Å². The van der Waals surface area contributed by atoms with Gasteiger partial charge in [0, 0.05) is 12.1 Å². The molecule has 86 valence electrons. The normalized spacial score (nSPS) is 11.9. The van der Waals surface area contributed by atoms with Crippen LogP contribution in [-0.2, 0) is 4.79 Å². The molecular weight excluding hydrogens is 255 g/mol. The van der Waals surface area contributed by atoms with Crippen molar-refractivity contribution in [2.24, 2.45) is 0 Å². The molecule has 0 unspecified atom stereocenters. The highest BCUT2D eigenvalue weighted by molar-refractivity contribution is 6.35. The summed E-state index contributed by atoms with van der Waals surface area (Å²) in [7, 11) is 0. The van der Waals surface area contributed by atoms with Crippen molar-refractivity contribution in [1.82, 2.24) is 0 Å². The van der Waals surface area contributed by atoms with Crippen LogP contribution in [0.15, 0.2) is 18.2 Å². The maximum absolute atomic E-state index is 11.2. The van der Waals surface area contributed by atoms with E-state index in [2.05, 4.69) is 5.32 Å². The fourth-order valence-corrected chi connectivity index (χ4v) is 1.23. The Hall–Kier alpha value is -1.33. The zero-order valence-electron chi connectivity index (χ0n) is 8.24. The largest absolute Gasteiger partial charge is 0.323 e. The van der Waals surface area contributed by atoms with E-state index in [1.54, 1.807) is 0 Å². The number of anilines is 1. The molecule has 0 bridgehead atoms. The molecule has 0 heterocycles. The molecule has 0 spiro atoms. The third-order valence-corrected chi connectivity index (χ3v) is 2.29. The number of non-ortho nitro benzene ring substituents is 1. The number of nitro benzene ring substituents is 1. The number of carbonyl (C=O) groups is 1. The van der Waals surface area contributed by atoms with Gasteiger partial charge in [-0.2, -0.15) is 0 Å². The Morgan fingerprint density at radius 2 is 2.19 bits per heavy atom. The Bertz CT molecular complexity index is 435. The minimum atomic E-state index is -0.703. The summed E-state index contributed by atoms with van der Waals surface area (Å²) in [4.78, 5) is 21.1. The minimum Gasteiger partial charge on any atom is -0.323 e. The molecule has 1 atom stereocenters. The lowest BCUT2D eigenvalue weighted by molar-refractivity contribution is -0.384. The first kappa shape index (κ1) is 12.7. The van der Waals surface area contributed by atoms with Crippen molar-refractivity contribution in [3.05, 3.63) is 33.3 Å². The molecule has 0 radical (unpaired) electrons. The van der Waals surface area contributed by atoms with Crippen LogP contribution in [0.1, 0.15) is 6.92 Å². The average Bonchev–Trinajstić information content (AvgIpc) is 2.20. The van der Waals surface area contributed by atoms with E-state index in [4.69, 9.17) is 23.2 Å². The van der Waals surface area contributed by atoms with Crippen LogP contribution in [0, 0.1) is 10.1 Å². The lowest BCUT2D eigenvalue weighted by Gasteiger charge is -2.07. The van der Waals surface area contributed by atoms with Crippen molar-refractivity contribution in [3.63, 3.8) is 0 Å². The van der Waals surface area contributed by atoms with Gasteiger partial charge in [0.25, 0.3) is 5.69 Å². The highest BCUT2D eigenvalue weighted by Gasteiger charge is 2.13. The highest BCUT2D eigenvalue weighted by Crippen LogP contribution is 2.26. The number of nitrogens with zero attached hydrogens (tertiary/aromatic N) is 1. The molecule has 16 heavy (non-hydrogen) atoms. The second-order valence-corrected chi connectivity index (χ2v) is 4.09. The zero-order chi connectivity index (χ0) is 12.3. The minimum absolute atomic E-state index is 0.0971. The van der Waals surface area contributed by atoms with Gasteiger partial charge >= 0.3 is 0 Å². The summed E-state index contributed by atoms with van der Waals surface area (Å²) in [6.07, 6.45) is 0. The van der Waals surface area contributed by atoms with E-state index in [9.17, 15) is 14.9 Å². The summed E-state index contributed by atoms with van der Waals surface area (Å²) in [6, 6.07) is 3.77. The summed E-state index contributed by atoms with van der Waals surface area (Å²) < 4.78 is 0. The highest BCUT2D eigenvalue weighted by atomic mass is 35.5. The Labute approximate surface area is 101 Å². The number of nitrogens with one attached hydrogen (secondary N) is 1. The van der Waals surface area contributed by atoms with E-state index in [-0.39, 0.29) is 10.7 Å². The maximum Gasteiger partial charge on any atom is 0.271 e. The average molecular weight is 263 g/mol. The summed E-state index contributed by atoms with van der Waals surface area (Å²) in [6.45, 7) is 1.51. The predicted octanol–water partition coefficient (Wildman–Crippen LogP) is 2.81. The van der Waals surface area contributed by atoms with Gasteiger partial charge in [-0.1, -0.05) is 11.6 Å². The second kappa shape index (κ2) is 5.14. The van der Waals surface area contributed by atoms with Gasteiger partial charge in [-0.25, -0.2) is 0 Å². The Morgan fingerprint density at radius 1 is 1.56 bits per heavy atom. The number of carbonyl (C=O) groups excluding carboxylic acids is 1. The first-order valence-corrected chi connectivity index (χ1v) is 5.12. The predicted molar refractivity (Wildman–Crippen MR) is 62.1 cm³/mol. The molecule has 7 heteroatoms. The van der Waals surface area contributed by atoms with Gasteiger partial charge < -0.3 is 5.32 Å². The van der Waals surface area contributed by atoms with Gasteiger partial charge in [0.15, 0.2) is 0 Å². The number of hydrogen-bond acceptors (Lipinski definition) is 3. The summed E-state index contributed by atoms with van der Waals surface area (Å²) >= 11 is 11.3. The van der Waals surface area contributed by atoms with Gasteiger partial charge in [-0.15, -0.1) is 11.6 Å². The third-order valence-electron chi connectivity index (χ3n) is 1.78. The topological polar surface area (TPSA) is 72.2 Å². The van der Waals surface area contributed by atoms with Crippen molar-refractivity contribution in [3.8, 4) is 0 Å². The molecule has 5 nitrogen and oxygen atoms in total. The Kier molecular flexibility index (Phi) is 4.09. The molecule has 0 saturated heterocycles. The van der Waals surface area contributed by atoms with Crippen LogP contribution in [0.3, 0.4) is 0 Å². The maximum atomic E-state index is 11.2. The Balaban J connectivity index is 2.91. The second-order valence-electron chi connectivity index (χ2n) is 3.03. The molecule has 0 aliphatic rings. The number of rotatable bonds is 3. The van der Waals surface area contributed by atoms with Gasteiger partial charge in [-0.3, -0.25) is 14.9 Å². The molecule has 0 aromatic heterocycles. The zero-order valence-corrected chi connectivity index (χ0v) is 9.75. The number of benzene rings is 1. The number of amides is 1. The van der Waals surface area contributed by atoms with Crippen LogP contribution in [0.5, 0.6) is 0 Å². The summed E-state index contributed by atoms with van der Waals surface area (Å²) in [5.41, 5.74) is 0.159. The van der Waals surface area contributed by atoms with E-state index in [1.165, 1.54) is 19.1 Å². The molecule has 1 N–H and O–H groups in total. The van der Waals surface area contributed by atoms with Crippen LogP contribution in [0.25, 0.3) is 0 Å². The van der Waals surface area contributed by atoms with Gasteiger partial charge in [-0.05, 0) is 13.0 Å². The Morgan fingerprint density at radius 3 is 2.62 bits per heavy atom. The summed E-state index contributed by atoms with van der Waals surface area (Å²) in [5, 5.41) is 12.3. The fraction of sp³-hybridized carbons (Fsp3) is 0.222. The van der Waals surface area contributed by atoms with Crippen LogP contribution >= 0.6 is 23.2 Å². The van der Waals surface area contributed by atoms with Gasteiger partial charge in [0.2, 0.25) is 5.91 Å². The van der Waals surface area contributed by atoms with E-state index in [1.807, 2.05) is 0 Å². The van der Waals surface area contributed by atoms with Crippen LogP contribution < -0.4 is 5.32 Å². The number of hydrogen-bond donors (Lipinski definition) is 1. The van der Waals surface area contributed by atoms with Crippen molar-refractivity contribution in [2.45, 2.75) is 12.3 Å². The summed E-state index contributed by atoms with van der Waals surface area (Å²) in [5.74, 6) is -0.419. The van der Waals surface area contributed by atoms with Gasteiger partial charge in [0.05, 0.1) is 15.6 Å². The molecule has 0 aliphatic carbocycles. The number of halogens is 2. The van der Waals surface area contributed by atoms with Crippen molar-refractivity contribution in [1.29, 1.82) is 0 Å². The number of nitro groups is 1. The molecule has 1 aromatic carbocycles. The molecule has 1 aromatic rings. The smallest absolute Gasteiger partial charge is 0.271 e. The van der Waals surface area contributed by atoms with Gasteiger partial charge in [0.1, 0.15) is 5.38 Å². The molecule has 0 aliphatic heterocycles. The molecular formula is C9H8Cl2N2O3. The third kappa shape index (κ3) is 3.08. The van der Waals surface area contributed by atoms with Crippen LogP contribution in [0.2, 0.25) is 5.02 Å². The lowest BCUT2D eigenvalue weighted by atomic mass is 10.2. The number of alkyl halides is 1. The molecule has 0 saturated carbocycles. The van der Waals surface area contributed by atoms with Crippen LogP contribution in [0.4, 0.5) is 11.4 Å². The first-order chi connectivity index (χ1) is 7.41. The van der Waals surface area contributed by atoms with Crippen molar-refractivity contribution in [2.75, 3.05) is 5.32 Å². The first-order valence-electron chi connectivity index (χ1n) is 4.30. The standard InChI is InChI=1S/C9H8Cl2N2O3/c1-5(10)9(14)12-8-3-2-6(13(15)16)4-7(8)11/h2-5H,1H3,(H,12,14)/t5-/m0/s1. The quantitative estimate of drug-likeness (QED) is 0.517. The van der Waals surface area contributed by atoms with Crippen molar-refractivity contribution >= 4 is 40.5 Å². The molecule has 1 rings (SSSR count). The lowest BCUT2D eigenvalue weighted by Crippen LogP contribution is -2.20. The SMILES string of the molecule is C[C@H](Cl)C(=O)Nc1ccc([N+](=O)[O-])cc1Cl. The van der Waals surface area contributed by atoms with E-state index >= 15 is 0 Å². The monoisotopic (exact) mass is 262 g/mol. The van der Waals surface area contributed by atoms with E-state index < -0.39 is 16.2 Å². The van der Waals surface area contributed by atoms with Crippen LogP contribution in [-0.4, -0.2) is 16.2 Å². The molecule has 0 fully saturated rings.